The summed E-state index contributed by atoms with van der Waals surface area (Å²) >= 11 is 0. The number of benzene rings is 2. The molecule has 0 aliphatic rings. The molecule has 0 bridgehead atoms. The van der Waals surface area contributed by atoms with Crippen molar-refractivity contribution in [2.24, 2.45) is 0 Å². The molecule has 0 saturated carbocycles. The molecule has 0 saturated heterocycles. The Labute approximate surface area is 152 Å². The molecule has 2 aromatic carbocycles. The average molecular weight is 353 g/mol. The van der Waals surface area contributed by atoms with Crippen LogP contribution in [-0.4, -0.2) is 21.1 Å². The molecule has 1 aromatic heterocycles. The van der Waals surface area contributed by atoms with Gasteiger partial charge in [-0.15, -0.1) is 0 Å². The molecule has 3 aromatic rings. The Balaban J connectivity index is 1.77. The van der Waals surface area contributed by atoms with E-state index >= 15 is 0 Å². The van der Waals surface area contributed by atoms with E-state index in [0.717, 1.165) is 16.8 Å². The third kappa shape index (κ3) is 3.64. The van der Waals surface area contributed by atoms with E-state index in [1.807, 2.05) is 57.2 Å². The number of para-hydroxylation sites is 2. The fourth-order valence-corrected chi connectivity index (χ4v) is 2.96. The van der Waals surface area contributed by atoms with Gasteiger partial charge in [0.25, 0.3) is 0 Å². The maximum atomic E-state index is 12.6. The summed E-state index contributed by atoms with van der Waals surface area (Å²) in [4.78, 5) is 25.0. The van der Waals surface area contributed by atoms with E-state index < -0.39 is 0 Å². The highest BCUT2D eigenvalue weighted by Crippen LogP contribution is 2.17. The van der Waals surface area contributed by atoms with Crippen LogP contribution in [0.3, 0.4) is 0 Å². The van der Waals surface area contributed by atoms with Gasteiger partial charge in [0.1, 0.15) is 12.3 Å². The number of fused-ring (bicyclic) bond motifs is 1. The zero-order chi connectivity index (χ0) is 18.7. The zero-order valence-corrected chi connectivity index (χ0v) is 15.2. The largest absolute Gasteiger partial charge is 0.491 e. The van der Waals surface area contributed by atoms with Crippen molar-refractivity contribution >= 4 is 22.6 Å². The van der Waals surface area contributed by atoms with Crippen molar-refractivity contribution in [3.05, 3.63) is 59.0 Å². The third-order valence-corrected chi connectivity index (χ3v) is 4.05. The van der Waals surface area contributed by atoms with Crippen LogP contribution in [0.2, 0.25) is 0 Å². The van der Waals surface area contributed by atoms with Crippen molar-refractivity contribution in [1.29, 1.82) is 0 Å². The van der Waals surface area contributed by atoms with Gasteiger partial charge in [-0.05, 0) is 57.2 Å². The molecule has 0 aliphatic carbocycles. The predicted molar refractivity (Wildman–Crippen MR) is 103 cm³/mol. The van der Waals surface area contributed by atoms with Gasteiger partial charge in [-0.25, -0.2) is 4.79 Å². The van der Waals surface area contributed by atoms with E-state index in [1.54, 1.807) is 16.7 Å². The molecule has 0 radical (unpaired) electrons. The standard InChI is InChI=1S/C20H23N3O3/c1-4-22-17-7-5-6-8-18(17)23(20(22)25)13-19(24)21-15-9-11-16(12-10-15)26-14(2)3/h5-12,14H,4,13H2,1-3H3,(H,21,24). The summed E-state index contributed by atoms with van der Waals surface area (Å²) in [5, 5.41) is 2.83. The van der Waals surface area contributed by atoms with Gasteiger partial charge >= 0.3 is 5.69 Å². The Kier molecular flexibility index (Phi) is 5.11. The maximum Gasteiger partial charge on any atom is 0.329 e. The molecule has 3 rings (SSSR count). The van der Waals surface area contributed by atoms with Gasteiger partial charge in [0, 0.05) is 12.2 Å². The molecule has 0 aliphatic heterocycles. The van der Waals surface area contributed by atoms with E-state index in [-0.39, 0.29) is 24.2 Å². The lowest BCUT2D eigenvalue weighted by Gasteiger charge is -2.11. The highest BCUT2D eigenvalue weighted by molar-refractivity contribution is 5.91. The molecule has 1 N–H and O–H groups in total. The number of rotatable bonds is 6. The molecule has 0 spiro atoms. The van der Waals surface area contributed by atoms with Gasteiger partial charge in [0.15, 0.2) is 0 Å². The number of ether oxygens (including phenoxy) is 1. The van der Waals surface area contributed by atoms with Gasteiger partial charge in [-0.1, -0.05) is 12.1 Å². The number of aryl methyl sites for hydroxylation is 1. The first kappa shape index (κ1) is 17.8. The van der Waals surface area contributed by atoms with Crippen molar-refractivity contribution in [3.63, 3.8) is 0 Å². The molecule has 6 heteroatoms. The monoisotopic (exact) mass is 353 g/mol. The molecule has 1 amide bonds. The smallest absolute Gasteiger partial charge is 0.329 e. The average Bonchev–Trinajstić information content (AvgIpc) is 2.88. The number of carbonyl (C=O) groups is 1. The van der Waals surface area contributed by atoms with Crippen LogP contribution in [0.5, 0.6) is 5.75 Å². The highest BCUT2D eigenvalue weighted by atomic mass is 16.5. The number of hydrogen-bond acceptors (Lipinski definition) is 3. The van der Waals surface area contributed by atoms with Gasteiger partial charge in [0.2, 0.25) is 5.91 Å². The van der Waals surface area contributed by atoms with Crippen LogP contribution in [0.15, 0.2) is 53.3 Å². The normalized spacial score (nSPS) is 11.1. The minimum atomic E-state index is -0.247. The third-order valence-electron chi connectivity index (χ3n) is 4.05. The molecule has 1 heterocycles. The van der Waals surface area contributed by atoms with E-state index in [4.69, 9.17) is 4.74 Å². The minimum Gasteiger partial charge on any atom is -0.491 e. The SMILES string of the molecule is CCn1c(=O)n(CC(=O)Nc2ccc(OC(C)C)cc2)c2ccccc21. The van der Waals surface area contributed by atoms with Crippen molar-refractivity contribution in [2.45, 2.75) is 40.0 Å². The van der Waals surface area contributed by atoms with Gasteiger partial charge in [0.05, 0.1) is 17.1 Å². The first-order valence-electron chi connectivity index (χ1n) is 8.74. The van der Waals surface area contributed by atoms with Crippen LogP contribution in [0, 0.1) is 0 Å². The summed E-state index contributed by atoms with van der Waals surface area (Å²) in [5.74, 6) is 0.504. The van der Waals surface area contributed by atoms with E-state index in [0.29, 0.717) is 12.2 Å². The van der Waals surface area contributed by atoms with Crippen LogP contribution in [-0.2, 0) is 17.9 Å². The van der Waals surface area contributed by atoms with Crippen LogP contribution in [0.25, 0.3) is 11.0 Å². The van der Waals surface area contributed by atoms with E-state index in [9.17, 15) is 9.59 Å². The van der Waals surface area contributed by atoms with Crippen LogP contribution in [0.1, 0.15) is 20.8 Å². The number of aromatic nitrogens is 2. The minimum absolute atomic E-state index is 0.0312. The van der Waals surface area contributed by atoms with Crippen molar-refractivity contribution < 1.29 is 9.53 Å². The Bertz CT molecular complexity index is 968. The summed E-state index contributed by atoms with van der Waals surface area (Å²) in [6, 6.07) is 14.7. The second-order valence-corrected chi connectivity index (χ2v) is 6.34. The Hall–Kier alpha value is -3.02. The van der Waals surface area contributed by atoms with Crippen molar-refractivity contribution in [1.82, 2.24) is 9.13 Å². The van der Waals surface area contributed by atoms with Gasteiger partial charge < -0.3 is 10.1 Å². The van der Waals surface area contributed by atoms with Crippen LogP contribution >= 0.6 is 0 Å². The van der Waals surface area contributed by atoms with Gasteiger partial charge in [-0.2, -0.15) is 0 Å². The number of imidazole rings is 1. The maximum absolute atomic E-state index is 12.6. The summed E-state index contributed by atoms with van der Waals surface area (Å²) in [6.45, 7) is 6.36. The number of amides is 1. The lowest BCUT2D eigenvalue weighted by atomic mass is 10.3. The summed E-state index contributed by atoms with van der Waals surface area (Å²) in [6.07, 6.45) is 0.0956. The van der Waals surface area contributed by atoms with Crippen molar-refractivity contribution in [3.8, 4) is 5.75 Å². The summed E-state index contributed by atoms with van der Waals surface area (Å²) in [5.41, 5.74) is 2.08. The lowest BCUT2D eigenvalue weighted by molar-refractivity contribution is -0.116. The number of hydrogen-bond donors (Lipinski definition) is 1. The summed E-state index contributed by atoms with van der Waals surface area (Å²) < 4.78 is 8.76. The lowest BCUT2D eigenvalue weighted by Crippen LogP contribution is -2.29. The highest BCUT2D eigenvalue weighted by Gasteiger charge is 2.14. The molecule has 6 nitrogen and oxygen atoms in total. The Morgan fingerprint density at radius 1 is 1.04 bits per heavy atom. The first-order valence-corrected chi connectivity index (χ1v) is 8.74. The Morgan fingerprint density at radius 2 is 1.65 bits per heavy atom. The second kappa shape index (κ2) is 7.47. The molecule has 0 unspecified atom stereocenters. The number of anilines is 1. The number of nitrogens with zero attached hydrogens (tertiary/aromatic N) is 2. The molecule has 26 heavy (non-hydrogen) atoms. The quantitative estimate of drug-likeness (QED) is 0.740. The number of carbonyl (C=O) groups excluding carboxylic acids is 1. The Morgan fingerprint density at radius 3 is 2.23 bits per heavy atom. The van der Waals surface area contributed by atoms with Gasteiger partial charge in [-0.3, -0.25) is 13.9 Å². The molecule has 0 fully saturated rings. The second-order valence-electron chi connectivity index (χ2n) is 6.34. The summed E-state index contributed by atoms with van der Waals surface area (Å²) in [7, 11) is 0. The van der Waals surface area contributed by atoms with Crippen LogP contribution < -0.4 is 15.7 Å². The van der Waals surface area contributed by atoms with Crippen molar-refractivity contribution in [2.75, 3.05) is 5.32 Å². The fourth-order valence-electron chi connectivity index (χ4n) is 2.96. The topological polar surface area (TPSA) is 65.3 Å². The zero-order valence-electron chi connectivity index (χ0n) is 15.2. The van der Waals surface area contributed by atoms with E-state index in [1.165, 1.54) is 4.57 Å². The van der Waals surface area contributed by atoms with Crippen LogP contribution in [0.4, 0.5) is 5.69 Å². The number of nitrogens with one attached hydrogen (secondary N) is 1. The van der Waals surface area contributed by atoms with E-state index in [2.05, 4.69) is 5.32 Å². The molecule has 0 atom stereocenters. The predicted octanol–water partition coefficient (Wildman–Crippen LogP) is 3.25. The fraction of sp³-hybridized carbons (Fsp3) is 0.300. The molecular weight excluding hydrogens is 330 g/mol. The molecule has 136 valence electrons. The first-order chi connectivity index (χ1) is 12.5. The molecular formula is C20H23N3O3.